The topological polar surface area (TPSA) is 33.2 Å². The number of nitrogens with zero attached hydrogens (tertiary/aromatic N) is 2. The van der Waals surface area contributed by atoms with Gasteiger partial charge < -0.3 is 4.90 Å². The van der Waals surface area contributed by atoms with Crippen LogP contribution in [0.4, 0.5) is 8.78 Å². The third-order valence-electron chi connectivity index (χ3n) is 2.62. The number of piperidine rings is 1. The number of rotatable bonds is 1. The summed E-state index contributed by atoms with van der Waals surface area (Å²) >= 11 is 0. The second-order valence-corrected chi connectivity index (χ2v) is 3.81. The Bertz CT molecular complexity index is 371. The van der Waals surface area contributed by atoms with Crippen LogP contribution in [0.1, 0.15) is 23.2 Å². The minimum absolute atomic E-state index is 0.0918. The number of halogens is 2. The number of carbonyl (C=O) groups is 1. The second kappa shape index (κ2) is 4.15. The van der Waals surface area contributed by atoms with Crippen molar-refractivity contribution in [3.63, 3.8) is 0 Å². The van der Waals surface area contributed by atoms with Crippen LogP contribution in [0.3, 0.4) is 0 Å². The van der Waals surface area contributed by atoms with Crippen LogP contribution in [0, 0.1) is 6.20 Å². The first-order valence-electron chi connectivity index (χ1n) is 5.08. The molecule has 0 aliphatic carbocycles. The van der Waals surface area contributed by atoms with Crippen molar-refractivity contribution >= 4 is 5.91 Å². The molecular weight excluding hydrogens is 214 g/mol. The van der Waals surface area contributed by atoms with E-state index in [-0.39, 0.29) is 31.8 Å². The minimum atomic E-state index is -2.63. The van der Waals surface area contributed by atoms with Gasteiger partial charge in [-0.2, -0.15) is 0 Å². The maximum atomic E-state index is 12.9. The molecule has 0 unspecified atom stereocenters. The van der Waals surface area contributed by atoms with Gasteiger partial charge >= 0.3 is 0 Å². The van der Waals surface area contributed by atoms with Crippen molar-refractivity contribution in [2.24, 2.45) is 0 Å². The molecule has 1 fully saturated rings. The van der Waals surface area contributed by atoms with E-state index in [2.05, 4.69) is 11.2 Å². The molecule has 1 radical (unpaired) electrons. The molecule has 0 N–H and O–H groups in total. The Hall–Kier alpha value is -1.52. The number of likely N-dealkylation sites (tertiary alicyclic amines) is 1. The number of hydrogen-bond acceptors (Lipinski definition) is 2. The van der Waals surface area contributed by atoms with E-state index in [1.807, 2.05) is 0 Å². The number of amides is 1. The molecule has 1 aromatic rings. The second-order valence-electron chi connectivity index (χ2n) is 3.81. The van der Waals surface area contributed by atoms with Crippen LogP contribution in [0.15, 0.2) is 18.3 Å². The zero-order chi connectivity index (χ0) is 11.6. The van der Waals surface area contributed by atoms with Gasteiger partial charge in [0.15, 0.2) is 0 Å². The summed E-state index contributed by atoms with van der Waals surface area (Å²) in [5, 5.41) is 0. The van der Waals surface area contributed by atoms with Crippen LogP contribution in [0.5, 0.6) is 0 Å². The Morgan fingerprint density at radius 1 is 1.44 bits per heavy atom. The number of aromatic nitrogens is 1. The summed E-state index contributed by atoms with van der Waals surface area (Å²) in [5.41, 5.74) is 0.327. The molecule has 16 heavy (non-hydrogen) atoms. The van der Waals surface area contributed by atoms with Crippen LogP contribution in [-0.4, -0.2) is 34.8 Å². The van der Waals surface area contributed by atoms with Gasteiger partial charge in [-0.3, -0.25) is 9.78 Å². The molecule has 1 amide bonds. The van der Waals surface area contributed by atoms with Crippen LogP contribution in [0.2, 0.25) is 0 Å². The van der Waals surface area contributed by atoms with Crippen molar-refractivity contribution in [1.29, 1.82) is 0 Å². The summed E-state index contributed by atoms with van der Waals surface area (Å²) in [6.45, 7) is 0.184. The van der Waals surface area contributed by atoms with Gasteiger partial charge in [-0.25, -0.2) is 8.78 Å². The zero-order valence-corrected chi connectivity index (χ0v) is 8.62. The van der Waals surface area contributed by atoms with Gasteiger partial charge in [0.05, 0.1) is 5.56 Å². The standard InChI is InChI=1S/C11H11F2N2O/c12-11(13)3-6-15(7-4-11)10(16)9-2-1-5-14-8-9/h1-2,5H,3-4,6-7H2. The first-order chi connectivity index (χ1) is 7.58. The summed E-state index contributed by atoms with van der Waals surface area (Å²) in [6, 6.07) is 3.21. The Balaban J connectivity index is 2.03. The van der Waals surface area contributed by atoms with E-state index >= 15 is 0 Å². The smallest absolute Gasteiger partial charge is 0.256 e. The molecule has 1 aliphatic heterocycles. The largest absolute Gasteiger partial charge is 0.338 e. The summed E-state index contributed by atoms with van der Waals surface area (Å²) in [6.07, 6.45) is 3.54. The highest BCUT2D eigenvalue weighted by Gasteiger charge is 2.35. The normalized spacial score (nSPS) is 19.5. The van der Waals surface area contributed by atoms with Gasteiger partial charge in [0.1, 0.15) is 6.20 Å². The van der Waals surface area contributed by atoms with Gasteiger partial charge in [-0.1, -0.05) is 0 Å². The average molecular weight is 225 g/mol. The Morgan fingerprint density at radius 2 is 2.12 bits per heavy atom. The molecule has 0 saturated carbocycles. The van der Waals surface area contributed by atoms with Crippen LogP contribution < -0.4 is 0 Å². The lowest BCUT2D eigenvalue weighted by molar-refractivity contribution is -0.0494. The maximum Gasteiger partial charge on any atom is 0.256 e. The molecule has 0 atom stereocenters. The highest BCUT2D eigenvalue weighted by atomic mass is 19.3. The maximum absolute atomic E-state index is 12.9. The molecule has 5 heteroatoms. The van der Waals surface area contributed by atoms with Gasteiger partial charge in [-0.15, -0.1) is 0 Å². The lowest BCUT2D eigenvalue weighted by Gasteiger charge is -2.31. The molecule has 0 aromatic carbocycles. The van der Waals surface area contributed by atoms with E-state index in [0.29, 0.717) is 5.56 Å². The summed E-state index contributed by atoms with van der Waals surface area (Å²) in [4.78, 5) is 17.0. The van der Waals surface area contributed by atoms with Gasteiger partial charge in [0.2, 0.25) is 0 Å². The number of hydrogen-bond donors (Lipinski definition) is 0. The predicted molar refractivity (Wildman–Crippen MR) is 53.2 cm³/mol. The van der Waals surface area contributed by atoms with E-state index in [1.165, 1.54) is 11.1 Å². The van der Waals surface area contributed by atoms with Gasteiger partial charge in [0.25, 0.3) is 11.8 Å². The van der Waals surface area contributed by atoms with Gasteiger partial charge in [0, 0.05) is 32.1 Å². The molecule has 3 nitrogen and oxygen atoms in total. The van der Waals surface area contributed by atoms with Gasteiger partial charge in [-0.05, 0) is 12.1 Å². The summed E-state index contributed by atoms with van der Waals surface area (Å²) < 4.78 is 25.8. The Morgan fingerprint density at radius 3 is 2.69 bits per heavy atom. The molecule has 2 rings (SSSR count). The lowest BCUT2D eigenvalue weighted by Crippen LogP contribution is -2.42. The lowest BCUT2D eigenvalue weighted by atomic mass is 10.1. The van der Waals surface area contributed by atoms with Crippen molar-refractivity contribution in [1.82, 2.24) is 9.88 Å². The summed E-state index contributed by atoms with van der Waals surface area (Å²) in [5.74, 6) is -2.90. The van der Waals surface area contributed by atoms with Crippen molar-refractivity contribution in [3.8, 4) is 0 Å². The molecule has 0 bridgehead atoms. The van der Waals surface area contributed by atoms with Crippen molar-refractivity contribution < 1.29 is 13.6 Å². The molecular formula is C11H11F2N2O. The first-order valence-corrected chi connectivity index (χ1v) is 5.08. The first kappa shape index (κ1) is 11.0. The number of alkyl halides is 2. The van der Waals surface area contributed by atoms with Crippen molar-refractivity contribution in [3.05, 3.63) is 30.1 Å². The average Bonchev–Trinajstić information content (AvgIpc) is 2.29. The molecule has 0 spiro atoms. The zero-order valence-electron chi connectivity index (χ0n) is 8.62. The molecule has 2 heterocycles. The highest BCUT2D eigenvalue weighted by Crippen LogP contribution is 2.28. The fourth-order valence-electron chi connectivity index (χ4n) is 1.65. The highest BCUT2D eigenvalue weighted by molar-refractivity contribution is 5.93. The van der Waals surface area contributed by atoms with Crippen LogP contribution in [-0.2, 0) is 0 Å². The van der Waals surface area contributed by atoms with Crippen molar-refractivity contribution in [2.75, 3.05) is 13.1 Å². The number of pyridine rings is 1. The number of carbonyl (C=O) groups excluding carboxylic acids is 1. The van der Waals surface area contributed by atoms with E-state index in [1.54, 1.807) is 12.1 Å². The fraction of sp³-hybridized carbons (Fsp3) is 0.455. The summed E-state index contributed by atoms with van der Waals surface area (Å²) in [7, 11) is 0. The molecule has 1 saturated heterocycles. The van der Waals surface area contributed by atoms with E-state index in [4.69, 9.17) is 0 Å². The minimum Gasteiger partial charge on any atom is -0.338 e. The molecule has 85 valence electrons. The van der Waals surface area contributed by atoms with E-state index in [0.717, 1.165) is 0 Å². The van der Waals surface area contributed by atoms with E-state index in [9.17, 15) is 13.6 Å². The quantitative estimate of drug-likeness (QED) is 0.729. The Kier molecular flexibility index (Phi) is 2.85. The third-order valence-corrected chi connectivity index (χ3v) is 2.62. The monoisotopic (exact) mass is 225 g/mol. The van der Waals surface area contributed by atoms with E-state index < -0.39 is 5.92 Å². The Labute approximate surface area is 92.1 Å². The molecule has 1 aromatic heterocycles. The van der Waals surface area contributed by atoms with Crippen LogP contribution in [0.25, 0.3) is 0 Å². The van der Waals surface area contributed by atoms with Crippen LogP contribution >= 0.6 is 0 Å². The molecule has 1 aliphatic rings. The third kappa shape index (κ3) is 2.35. The van der Waals surface area contributed by atoms with Crippen molar-refractivity contribution in [2.45, 2.75) is 18.8 Å². The predicted octanol–water partition coefficient (Wildman–Crippen LogP) is 1.75. The SMILES string of the molecule is O=C(c1[c]nccc1)N1CCC(F)(F)CC1. The fourth-order valence-corrected chi connectivity index (χ4v) is 1.65.